The number of carbonyl (C=O) groups is 4. The molecule has 16 nitrogen and oxygen atoms in total. The van der Waals surface area contributed by atoms with Crippen LogP contribution >= 0.6 is 0 Å². The van der Waals surface area contributed by atoms with Gasteiger partial charge in [-0.3, -0.25) is 14.5 Å². The number of aliphatic carboxylic acids is 1. The number of aromatic hydroxyl groups is 1. The number of aliphatic hydroxyl groups excluding tert-OH is 3. The Balaban J connectivity index is 1.50. The number of carbonyl (C=O) groups excluding carboxylic acids is 3. The number of rotatable bonds is 10. The summed E-state index contributed by atoms with van der Waals surface area (Å²) in [4.78, 5) is 54.2. The van der Waals surface area contributed by atoms with E-state index < -0.39 is 84.0 Å². The van der Waals surface area contributed by atoms with Crippen molar-refractivity contribution in [1.29, 1.82) is 0 Å². The lowest BCUT2D eigenvalue weighted by Gasteiger charge is -2.49. The van der Waals surface area contributed by atoms with Gasteiger partial charge in [0.1, 0.15) is 23.6 Å². The zero-order valence-corrected chi connectivity index (χ0v) is 28.7. The van der Waals surface area contributed by atoms with Crippen molar-refractivity contribution >= 4 is 23.9 Å². The molecule has 0 aliphatic carbocycles. The summed E-state index contributed by atoms with van der Waals surface area (Å²) in [7, 11) is 0. The lowest BCUT2D eigenvalue weighted by molar-refractivity contribution is -0.231. The quantitative estimate of drug-likeness (QED) is 0.168. The number of phenolic OH excluding ortho intramolecular Hbond substituents is 1. The molecule has 3 aliphatic rings. The third-order valence-corrected chi connectivity index (χ3v) is 9.41. The lowest BCUT2D eigenvalue weighted by atomic mass is 9.81. The van der Waals surface area contributed by atoms with Crippen LogP contribution in [0, 0.1) is 6.92 Å². The van der Waals surface area contributed by atoms with Crippen LogP contribution in [-0.2, 0) is 23.8 Å². The number of hydrogen-bond acceptors (Lipinski definition) is 12. The molecule has 3 fully saturated rings. The summed E-state index contributed by atoms with van der Waals surface area (Å²) in [6.07, 6.45) is -7.07. The van der Waals surface area contributed by atoms with Crippen molar-refractivity contribution in [2.75, 3.05) is 45.9 Å². The van der Waals surface area contributed by atoms with Gasteiger partial charge in [0.25, 0.3) is 5.91 Å². The number of carboxylic acids is 1. The minimum atomic E-state index is -2.03. The predicted octanol–water partition coefficient (Wildman–Crippen LogP) is -0.268. The molecule has 1 aromatic rings. The van der Waals surface area contributed by atoms with E-state index >= 15 is 0 Å². The molecule has 0 bridgehead atoms. The van der Waals surface area contributed by atoms with E-state index in [0.717, 1.165) is 0 Å². The third kappa shape index (κ3) is 8.98. The van der Waals surface area contributed by atoms with Crippen molar-refractivity contribution in [3.05, 3.63) is 29.3 Å². The van der Waals surface area contributed by atoms with Gasteiger partial charge < -0.3 is 55.3 Å². The maximum absolute atomic E-state index is 12.9. The zero-order chi connectivity index (χ0) is 36.3. The van der Waals surface area contributed by atoms with Gasteiger partial charge in [0.15, 0.2) is 5.60 Å². The number of carboxylic acid groups (broad SMARTS) is 1. The summed E-state index contributed by atoms with van der Waals surface area (Å²) >= 11 is 0. The van der Waals surface area contributed by atoms with Gasteiger partial charge in [-0.15, -0.1) is 0 Å². The van der Waals surface area contributed by atoms with Crippen molar-refractivity contribution in [3.8, 4) is 5.75 Å². The van der Waals surface area contributed by atoms with Crippen LogP contribution < -0.4 is 10.6 Å². The Morgan fingerprint density at radius 1 is 1.16 bits per heavy atom. The third-order valence-electron chi connectivity index (χ3n) is 9.41. The Morgan fingerprint density at radius 3 is 2.51 bits per heavy atom. The molecule has 1 spiro atoms. The summed E-state index contributed by atoms with van der Waals surface area (Å²) in [5, 5.41) is 58.7. The molecular formula is C33H50N4O12. The molecule has 16 heteroatoms. The maximum Gasteiger partial charge on any atom is 0.410 e. The number of hydrogen-bond donors (Lipinski definition) is 7. The average molecular weight is 695 g/mol. The van der Waals surface area contributed by atoms with E-state index in [4.69, 9.17) is 14.2 Å². The summed E-state index contributed by atoms with van der Waals surface area (Å²) < 4.78 is 17.5. The normalized spacial score (nSPS) is 28.9. The van der Waals surface area contributed by atoms with Gasteiger partial charge in [-0.1, -0.05) is 0 Å². The van der Waals surface area contributed by atoms with Crippen molar-refractivity contribution in [2.24, 2.45) is 0 Å². The second-order valence-electron chi connectivity index (χ2n) is 14.3. The number of aliphatic hydroxyl groups is 3. The second kappa shape index (κ2) is 15.1. The molecule has 0 radical (unpaired) electrons. The Labute approximate surface area is 285 Å². The molecule has 274 valence electrons. The molecule has 4 rings (SSSR count). The lowest BCUT2D eigenvalue weighted by Crippen LogP contribution is -2.68. The molecule has 7 N–H and O–H groups in total. The van der Waals surface area contributed by atoms with Gasteiger partial charge in [0, 0.05) is 58.1 Å². The Hall–Kier alpha value is -3.54. The van der Waals surface area contributed by atoms with E-state index in [0.29, 0.717) is 44.8 Å². The number of aryl methyl sites for hydroxylation is 1. The molecule has 3 amide bonds. The number of benzene rings is 1. The smallest absolute Gasteiger partial charge is 0.410 e. The van der Waals surface area contributed by atoms with Crippen LogP contribution in [0.15, 0.2) is 18.2 Å². The Kier molecular flexibility index (Phi) is 11.8. The van der Waals surface area contributed by atoms with E-state index in [1.807, 2.05) is 0 Å². The fourth-order valence-electron chi connectivity index (χ4n) is 6.75. The predicted molar refractivity (Wildman–Crippen MR) is 173 cm³/mol. The van der Waals surface area contributed by atoms with E-state index in [9.17, 15) is 44.7 Å². The molecule has 0 saturated carbocycles. The Bertz CT molecular complexity index is 1390. The first-order valence-electron chi connectivity index (χ1n) is 16.5. The van der Waals surface area contributed by atoms with Crippen LogP contribution in [0.4, 0.5) is 4.79 Å². The first-order chi connectivity index (χ1) is 22.9. The molecule has 0 aromatic heterocycles. The minimum absolute atomic E-state index is 0.000688. The first-order valence-corrected chi connectivity index (χ1v) is 16.5. The van der Waals surface area contributed by atoms with E-state index in [1.54, 1.807) is 32.6 Å². The van der Waals surface area contributed by atoms with Gasteiger partial charge in [-0.25, -0.2) is 9.59 Å². The highest BCUT2D eigenvalue weighted by atomic mass is 16.6. The van der Waals surface area contributed by atoms with Gasteiger partial charge in [0.05, 0.1) is 37.0 Å². The summed E-state index contributed by atoms with van der Waals surface area (Å²) in [5.41, 5.74) is -2.67. The topological polar surface area (TPSA) is 228 Å². The fraction of sp³-hybridized carbons (Fsp3) is 0.697. The van der Waals surface area contributed by atoms with Gasteiger partial charge in [-0.2, -0.15) is 0 Å². The van der Waals surface area contributed by atoms with E-state index in [-0.39, 0.29) is 24.3 Å². The van der Waals surface area contributed by atoms with Crippen LogP contribution in [0.3, 0.4) is 0 Å². The maximum atomic E-state index is 12.9. The number of ether oxygens (including phenoxy) is 3. The highest BCUT2D eigenvalue weighted by Crippen LogP contribution is 2.38. The molecule has 0 unspecified atom stereocenters. The molecule has 3 heterocycles. The molecular weight excluding hydrogens is 644 g/mol. The number of phenols is 1. The SMILES string of the molecule is CC(=O)N[C@H]1[C@H]([C@H](O)[C@H](O)CNC(=O)c2ccc(O)c(C)c2)O[C@@](CCN2CCOC[C@@]23CCN(C(=O)OC(C)(C)C)C3)(C(=O)O)C[C@@H]1O. The molecule has 1 aromatic carbocycles. The number of nitrogens with zero attached hydrogens (tertiary/aromatic N) is 2. The van der Waals surface area contributed by atoms with Crippen LogP contribution in [0.5, 0.6) is 5.75 Å². The standard InChI is InChI=1S/C33H50N4O12/c1-19-14-21(6-7-22(19)39)28(43)34-16-24(41)26(42)27-25(35-20(2)38)23(40)15-33(48-27,29(44)45)9-11-37-12-13-47-18-32(37)8-10-36(17-32)30(46)49-31(3,4)5/h6-7,14,23-27,39-42H,8-13,15-18H2,1-5H3,(H,34,43)(H,35,38)(H,44,45)/t23-,24+,25+,26+,27+,32-,33+/m0/s1. The van der Waals surface area contributed by atoms with Gasteiger partial charge in [0.2, 0.25) is 5.91 Å². The van der Waals surface area contributed by atoms with Crippen LogP contribution in [-0.4, -0.2) is 152 Å². The Morgan fingerprint density at radius 2 is 1.88 bits per heavy atom. The zero-order valence-electron chi connectivity index (χ0n) is 28.7. The van der Waals surface area contributed by atoms with Crippen molar-refractivity contribution in [1.82, 2.24) is 20.4 Å². The minimum Gasteiger partial charge on any atom is -0.508 e. The van der Waals surface area contributed by atoms with Crippen LogP contribution in [0.25, 0.3) is 0 Å². The summed E-state index contributed by atoms with van der Waals surface area (Å²) in [6, 6.07) is 2.89. The molecule has 7 atom stereocenters. The average Bonchev–Trinajstić information content (AvgIpc) is 3.44. The van der Waals surface area contributed by atoms with E-state index in [2.05, 4.69) is 15.5 Å². The van der Waals surface area contributed by atoms with Gasteiger partial charge >= 0.3 is 12.1 Å². The summed E-state index contributed by atoms with van der Waals surface area (Å²) in [6.45, 7) is 9.69. The second-order valence-corrected chi connectivity index (χ2v) is 14.3. The number of likely N-dealkylation sites (tertiary alicyclic amines) is 1. The monoisotopic (exact) mass is 694 g/mol. The first kappa shape index (κ1) is 38.3. The van der Waals surface area contributed by atoms with Crippen molar-refractivity contribution < 1.29 is 58.9 Å². The number of amides is 3. The highest BCUT2D eigenvalue weighted by molar-refractivity contribution is 5.94. The number of nitrogens with one attached hydrogen (secondary N) is 2. The van der Waals surface area contributed by atoms with Crippen molar-refractivity contribution in [3.63, 3.8) is 0 Å². The van der Waals surface area contributed by atoms with E-state index in [1.165, 1.54) is 25.1 Å². The van der Waals surface area contributed by atoms with Crippen LogP contribution in [0.1, 0.15) is 62.9 Å². The fourth-order valence-corrected chi connectivity index (χ4v) is 6.75. The van der Waals surface area contributed by atoms with Gasteiger partial charge in [-0.05, 0) is 57.9 Å². The highest BCUT2D eigenvalue weighted by Gasteiger charge is 2.55. The number of morpholine rings is 1. The largest absolute Gasteiger partial charge is 0.508 e. The van der Waals surface area contributed by atoms with Crippen molar-refractivity contribution in [2.45, 2.75) is 101 Å². The molecule has 49 heavy (non-hydrogen) atoms. The molecule has 3 saturated heterocycles. The van der Waals surface area contributed by atoms with Crippen LogP contribution in [0.2, 0.25) is 0 Å². The molecule has 3 aliphatic heterocycles. The summed E-state index contributed by atoms with van der Waals surface area (Å²) in [5.74, 6) is -2.58.